The van der Waals surface area contributed by atoms with Crippen molar-refractivity contribution in [3.05, 3.63) is 58.0 Å². The van der Waals surface area contributed by atoms with Crippen molar-refractivity contribution in [1.82, 2.24) is 50.6 Å². The number of nitrogens with one attached hydrogen (secondary N) is 3. The number of amides is 1. The van der Waals surface area contributed by atoms with Crippen molar-refractivity contribution in [3.63, 3.8) is 0 Å². The predicted octanol–water partition coefficient (Wildman–Crippen LogP) is 2.04. The van der Waals surface area contributed by atoms with Gasteiger partial charge in [0.05, 0.1) is 12.3 Å². The maximum Gasteiger partial charge on any atom is 0.277 e. The molecule has 2 fully saturated rings. The van der Waals surface area contributed by atoms with Crippen molar-refractivity contribution in [1.29, 1.82) is 5.26 Å². The van der Waals surface area contributed by atoms with E-state index >= 15 is 0 Å². The van der Waals surface area contributed by atoms with E-state index in [0.717, 1.165) is 50.4 Å². The standard InChI is InChI=1S/C28H32N12O2/c29-10-5-24(41)40-13-8-20(9-14-40)26-32-22-16-30-36-28(42)25(22)27(33-26)31-21-3-1-19(2-4-21)17-39-11-6-18(7-12-39)15-23-34-37-38-35-23/h1-4,16,18,20H,5-9,11-15,17H2,(H,36,42)(H,31,32,33)(H,34,35,37,38). The molecule has 1 amide bonds. The molecule has 4 aromatic rings. The molecule has 2 saturated heterocycles. The van der Waals surface area contributed by atoms with Crippen LogP contribution in [0.3, 0.4) is 0 Å². The van der Waals surface area contributed by atoms with Gasteiger partial charge in [0, 0.05) is 37.7 Å². The van der Waals surface area contributed by atoms with Crippen molar-refractivity contribution >= 4 is 28.3 Å². The number of likely N-dealkylation sites (tertiary alicyclic amines) is 2. The lowest BCUT2D eigenvalue weighted by Gasteiger charge is -2.31. The summed E-state index contributed by atoms with van der Waals surface area (Å²) in [6.45, 7) is 4.01. The fourth-order valence-corrected chi connectivity index (χ4v) is 5.83. The number of fused-ring (bicyclic) bond motifs is 1. The number of rotatable bonds is 8. The highest BCUT2D eigenvalue weighted by molar-refractivity contribution is 5.89. The number of hydrogen-bond donors (Lipinski definition) is 3. The minimum Gasteiger partial charge on any atom is -0.342 e. The molecule has 0 saturated carbocycles. The van der Waals surface area contributed by atoms with E-state index in [1.54, 1.807) is 4.90 Å². The van der Waals surface area contributed by atoms with Gasteiger partial charge in [-0.3, -0.25) is 14.5 Å². The molecule has 2 aliphatic heterocycles. The molecule has 1 aromatic carbocycles. The first kappa shape index (κ1) is 27.4. The second-order valence-electron chi connectivity index (χ2n) is 11.0. The number of nitriles is 1. The highest BCUT2D eigenvalue weighted by atomic mass is 16.2. The third-order valence-corrected chi connectivity index (χ3v) is 8.17. The number of H-pyrrole nitrogens is 2. The Labute approximate surface area is 241 Å². The maximum absolute atomic E-state index is 12.7. The molecule has 0 unspecified atom stereocenters. The number of nitrogens with zero attached hydrogens (tertiary/aromatic N) is 9. The first-order chi connectivity index (χ1) is 20.6. The van der Waals surface area contributed by atoms with Crippen molar-refractivity contribution in [2.45, 2.75) is 51.0 Å². The molecule has 0 aliphatic carbocycles. The van der Waals surface area contributed by atoms with Crippen LogP contribution in [0.1, 0.15) is 55.2 Å². The average Bonchev–Trinajstić information content (AvgIpc) is 3.52. The van der Waals surface area contributed by atoms with Crippen LogP contribution in [0.25, 0.3) is 10.9 Å². The van der Waals surface area contributed by atoms with Gasteiger partial charge < -0.3 is 10.2 Å². The molecule has 0 radical (unpaired) electrons. The third-order valence-electron chi connectivity index (χ3n) is 8.17. The molecule has 42 heavy (non-hydrogen) atoms. The summed E-state index contributed by atoms with van der Waals surface area (Å²) in [5.74, 6) is 2.28. The van der Waals surface area contributed by atoms with E-state index in [0.29, 0.717) is 54.4 Å². The second kappa shape index (κ2) is 12.4. The van der Waals surface area contributed by atoms with Crippen LogP contribution >= 0.6 is 0 Å². The molecular weight excluding hydrogens is 536 g/mol. The molecule has 0 bridgehead atoms. The van der Waals surface area contributed by atoms with Crippen molar-refractivity contribution in [3.8, 4) is 6.07 Å². The quantitative estimate of drug-likeness (QED) is 0.282. The molecule has 14 nitrogen and oxygen atoms in total. The van der Waals surface area contributed by atoms with Crippen molar-refractivity contribution in [2.24, 2.45) is 5.92 Å². The molecule has 14 heteroatoms. The largest absolute Gasteiger partial charge is 0.342 e. The van der Waals surface area contributed by atoms with Crippen LogP contribution in [-0.2, 0) is 17.8 Å². The topological polar surface area (TPSA) is 185 Å². The Balaban J connectivity index is 1.12. The Morgan fingerprint density at radius 1 is 1.07 bits per heavy atom. The van der Waals surface area contributed by atoms with E-state index in [1.165, 1.54) is 11.8 Å². The zero-order chi connectivity index (χ0) is 28.9. The Morgan fingerprint density at radius 2 is 1.86 bits per heavy atom. The van der Waals surface area contributed by atoms with Gasteiger partial charge in [0.15, 0.2) is 5.82 Å². The summed E-state index contributed by atoms with van der Waals surface area (Å²) in [5, 5.41) is 33.3. The van der Waals surface area contributed by atoms with E-state index in [9.17, 15) is 9.59 Å². The van der Waals surface area contributed by atoms with E-state index in [1.807, 2.05) is 18.2 Å². The first-order valence-corrected chi connectivity index (χ1v) is 14.3. The summed E-state index contributed by atoms with van der Waals surface area (Å²) in [7, 11) is 0. The number of benzene rings is 1. The van der Waals surface area contributed by atoms with Crippen LogP contribution in [0.5, 0.6) is 0 Å². The molecule has 0 atom stereocenters. The number of carbonyl (C=O) groups is 1. The minimum absolute atomic E-state index is 0.0269. The number of aromatic amines is 2. The molecule has 6 rings (SSSR count). The van der Waals surface area contributed by atoms with Gasteiger partial charge in [-0.15, -0.1) is 10.2 Å². The first-order valence-electron chi connectivity index (χ1n) is 14.3. The van der Waals surface area contributed by atoms with Gasteiger partial charge in [0.1, 0.15) is 29.0 Å². The van der Waals surface area contributed by atoms with Gasteiger partial charge in [-0.1, -0.05) is 17.3 Å². The van der Waals surface area contributed by atoms with Crippen LogP contribution in [0.15, 0.2) is 35.3 Å². The lowest BCUT2D eigenvalue weighted by atomic mass is 9.93. The van der Waals surface area contributed by atoms with Gasteiger partial charge in [-0.2, -0.15) is 15.6 Å². The highest BCUT2D eigenvalue weighted by Crippen LogP contribution is 2.30. The van der Waals surface area contributed by atoms with Crippen LogP contribution in [0.2, 0.25) is 0 Å². The molecule has 3 aromatic heterocycles. The summed E-state index contributed by atoms with van der Waals surface area (Å²) in [4.78, 5) is 38.5. The van der Waals surface area contributed by atoms with Gasteiger partial charge in [-0.05, 0) is 62.4 Å². The normalized spacial score (nSPS) is 16.9. The summed E-state index contributed by atoms with van der Waals surface area (Å²) in [5.41, 5.74) is 2.13. The molecular formula is C28H32N12O2. The predicted molar refractivity (Wildman–Crippen MR) is 152 cm³/mol. The van der Waals surface area contributed by atoms with Crippen molar-refractivity contribution < 1.29 is 4.79 Å². The Bertz CT molecular complexity index is 1610. The fraction of sp³-hybridized carbons (Fsp3) is 0.464. The third kappa shape index (κ3) is 6.26. The van der Waals surface area contributed by atoms with Gasteiger partial charge in [-0.25, -0.2) is 15.1 Å². The number of carbonyl (C=O) groups excluding carboxylic acids is 1. The monoisotopic (exact) mass is 568 g/mol. The zero-order valence-electron chi connectivity index (χ0n) is 23.2. The number of aromatic nitrogens is 8. The summed E-state index contributed by atoms with van der Waals surface area (Å²) < 4.78 is 0. The summed E-state index contributed by atoms with van der Waals surface area (Å²) >= 11 is 0. The van der Waals surface area contributed by atoms with Crippen molar-refractivity contribution in [2.75, 3.05) is 31.5 Å². The lowest BCUT2D eigenvalue weighted by molar-refractivity contribution is -0.131. The van der Waals surface area contributed by atoms with Gasteiger partial charge in [0.2, 0.25) is 5.91 Å². The number of hydrogen-bond acceptors (Lipinski definition) is 11. The van der Waals surface area contributed by atoms with E-state index in [2.05, 4.69) is 58.2 Å². The van der Waals surface area contributed by atoms with Crippen LogP contribution in [0.4, 0.5) is 11.5 Å². The molecule has 3 N–H and O–H groups in total. The summed E-state index contributed by atoms with van der Waals surface area (Å²) in [6.07, 6.45) is 5.87. The fourth-order valence-electron chi connectivity index (χ4n) is 5.83. The number of piperidine rings is 2. The Kier molecular flexibility index (Phi) is 8.09. The van der Waals surface area contributed by atoms with Crippen LogP contribution in [0, 0.1) is 17.2 Å². The summed E-state index contributed by atoms with van der Waals surface area (Å²) in [6, 6.07) is 10.1. The van der Waals surface area contributed by atoms with Crippen LogP contribution < -0.4 is 10.9 Å². The van der Waals surface area contributed by atoms with E-state index in [4.69, 9.17) is 10.2 Å². The SMILES string of the molecule is N#CCC(=O)N1CCC(c2nc(Nc3ccc(CN4CCC(Cc5nn[nH]n5)CC4)cc3)c3c(=O)[nH]ncc3n2)CC1. The molecule has 2 aliphatic rings. The molecule has 216 valence electrons. The smallest absolute Gasteiger partial charge is 0.277 e. The van der Waals surface area contributed by atoms with Gasteiger partial charge in [0.25, 0.3) is 5.56 Å². The zero-order valence-corrected chi connectivity index (χ0v) is 23.2. The van der Waals surface area contributed by atoms with E-state index in [-0.39, 0.29) is 23.8 Å². The van der Waals surface area contributed by atoms with E-state index < -0.39 is 0 Å². The number of tetrazole rings is 1. The van der Waals surface area contributed by atoms with Crippen LogP contribution in [-0.4, -0.2) is 82.7 Å². The Morgan fingerprint density at radius 3 is 2.57 bits per heavy atom. The van der Waals surface area contributed by atoms with Gasteiger partial charge >= 0.3 is 0 Å². The Hall–Kier alpha value is -4.77. The highest BCUT2D eigenvalue weighted by Gasteiger charge is 2.27. The molecule has 5 heterocycles. The average molecular weight is 569 g/mol. The molecule has 0 spiro atoms. The number of anilines is 2. The lowest BCUT2D eigenvalue weighted by Crippen LogP contribution is -2.38. The maximum atomic E-state index is 12.7. The second-order valence-corrected chi connectivity index (χ2v) is 11.0. The minimum atomic E-state index is -0.363.